The van der Waals surface area contributed by atoms with Gasteiger partial charge in [-0.15, -0.1) is 0 Å². The Morgan fingerprint density at radius 2 is 1.96 bits per heavy atom. The molecule has 0 spiro atoms. The zero-order chi connectivity index (χ0) is 17.0. The zero-order valence-electron chi connectivity index (χ0n) is 13.5. The number of rotatable bonds is 6. The Bertz CT molecular complexity index is 614. The maximum Gasteiger partial charge on any atom is 0.325 e. The lowest BCUT2D eigenvalue weighted by Gasteiger charge is -2.22. The molecular formula is C16H21N3O4. The van der Waals surface area contributed by atoms with Crippen LogP contribution in [0.2, 0.25) is 0 Å². The topological polar surface area (TPSA) is 87.7 Å². The number of benzene rings is 1. The molecule has 0 aromatic heterocycles. The van der Waals surface area contributed by atoms with Gasteiger partial charge in [0.05, 0.1) is 6.61 Å². The van der Waals surface area contributed by atoms with Gasteiger partial charge in [-0.3, -0.25) is 14.5 Å². The molecule has 124 valence electrons. The van der Waals surface area contributed by atoms with Crippen molar-refractivity contribution < 1.29 is 19.1 Å². The summed E-state index contributed by atoms with van der Waals surface area (Å²) in [5.41, 5.74) is 0.588. The first-order valence-electron chi connectivity index (χ1n) is 7.35. The Hall–Kier alpha value is -2.41. The van der Waals surface area contributed by atoms with E-state index < -0.39 is 23.4 Å². The highest BCUT2D eigenvalue weighted by Crippen LogP contribution is 2.28. The smallest absolute Gasteiger partial charge is 0.325 e. The maximum atomic E-state index is 12.6. The normalized spacial score (nSPS) is 20.6. The van der Waals surface area contributed by atoms with Crippen molar-refractivity contribution in [1.29, 1.82) is 0 Å². The number of imide groups is 1. The van der Waals surface area contributed by atoms with Crippen LogP contribution >= 0.6 is 0 Å². The van der Waals surface area contributed by atoms with Crippen molar-refractivity contribution in [3.05, 3.63) is 35.4 Å². The molecule has 7 heteroatoms. The highest BCUT2D eigenvalue weighted by molar-refractivity contribution is 6.09. The van der Waals surface area contributed by atoms with Gasteiger partial charge in [-0.2, -0.15) is 0 Å². The summed E-state index contributed by atoms with van der Waals surface area (Å²) < 4.78 is 4.83. The first-order valence-corrected chi connectivity index (χ1v) is 7.35. The highest BCUT2D eigenvalue weighted by atomic mass is 16.5. The van der Waals surface area contributed by atoms with E-state index in [0.29, 0.717) is 18.7 Å². The molecule has 1 fully saturated rings. The molecule has 1 aliphatic heterocycles. The van der Waals surface area contributed by atoms with Gasteiger partial charge in [0.2, 0.25) is 5.91 Å². The van der Waals surface area contributed by atoms with E-state index in [2.05, 4.69) is 10.6 Å². The summed E-state index contributed by atoms with van der Waals surface area (Å²) >= 11 is 0. The Labute approximate surface area is 135 Å². The van der Waals surface area contributed by atoms with Crippen molar-refractivity contribution in [1.82, 2.24) is 15.5 Å². The lowest BCUT2D eigenvalue weighted by atomic mass is 9.91. The highest BCUT2D eigenvalue weighted by Gasteiger charge is 2.49. The third kappa shape index (κ3) is 3.50. The number of carbonyl (C=O) groups excluding carboxylic acids is 3. The van der Waals surface area contributed by atoms with E-state index in [0.717, 1.165) is 10.5 Å². The van der Waals surface area contributed by atoms with Gasteiger partial charge in [-0.05, 0) is 19.4 Å². The Balaban J connectivity index is 2.10. The standard InChI is InChI=1S/C16H21N3O4/c1-11-4-6-12(7-5-11)16(2)14(21)19(15(22)18-16)10-13(20)17-8-9-23-3/h4-7H,8-10H2,1-3H3,(H,17,20)(H,18,22)/t16-/m0/s1. The fourth-order valence-corrected chi connectivity index (χ4v) is 2.42. The van der Waals surface area contributed by atoms with Crippen molar-refractivity contribution in [3.63, 3.8) is 0 Å². The quantitative estimate of drug-likeness (QED) is 0.591. The van der Waals surface area contributed by atoms with Gasteiger partial charge in [-0.1, -0.05) is 29.8 Å². The van der Waals surface area contributed by atoms with Crippen LogP contribution in [-0.2, 0) is 19.9 Å². The van der Waals surface area contributed by atoms with Gasteiger partial charge in [0, 0.05) is 13.7 Å². The van der Waals surface area contributed by atoms with Crippen molar-refractivity contribution >= 4 is 17.8 Å². The summed E-state index contributed by atoms with van der Waals surface area (Å²) in [6.07, 6.45) is 0. The number of hydrogen-bond donors (Lipinski definition) is 2. The van der Waals surface area contributed by atoms with Crippen LogP contribution in [0, 0.1) is 6.92 Å². The molecule has 0 bridgehead atoms. The van der Waals surface area contributed by atoms with E-state index in [1.54, 1.807) is 19.1 Å². The summed E-state index contributed by atoms with van der Waals surface area (Å²) in [6.45, 7) is 3.97. The summed E-state index contributed by atoms with van der Waals surface area (Å²) in [6, 6.07) is 6.78. The molecule has 1 heterocycles. The van der Waals surface area contributed by atoms with Crippen molar-refractivity contribution in [2.75, 3.05) is 26.8 Å². The predicted octanol–water partition coefficient (Wildman–Crippen LogP) is 0.525. The Morgan fingerprint density at radius 1 is 1.30 bits per heavy atom. The van der Waals surface area contributed by atoms with Crippen LogP contribution in [0.4, 0.5) is 4.79 Å². The second-order valence-corrected chi connectivity index (χ2v) is 5.66. The summed E-state index contributed by atoms with van der Waals surface area (Å²) in [5, 5.41) is 5.26. The number of ether oxygens (including phenoxy) is 1. The second kappa shape index (κ2) is 6.78. The zero-order valence-corrected chi connectivity index (χ0v) is 13.5. The number of nitrogens with zero attached hydrogens (tertiary/aromatic N) is 1. The molecule has 1 saturated heterocycles. The summed E-state index contributed by atoms with van der Waals surface area (Å²) in [7, 11) is 1.52. The van der Waals surface area contributed by atoms with E-state index in [1.165, 1.54) is 7.11 Å². The van der Waals surface area contributed by atoms with Crippen molar-refractivity contribution in [2.24, 2.45) is 0 Å². The number of carbonyl (C=O) groups is 3. The SMILES string of the molecule is COCCNC(=O)CN1C(=O)N[C@@](C)(c2ccc(C)cc2)C1=O. The van der Waals surface area contributed by atoms with Crippen LogP contribution in [-0.4, -0.2) is 49.6 Å². The Morgan fingerprint density at radius 3 is 2.57 bits per heavy atom. The number of nitrogens with one attached hydrogen (secondary N) is 2. The molecule has 0 unspecified atom stereocenters. The van der Waals surface area contributed by atoms with Crippen LogP contribution in [0.1, 0.15) is 18.1 Å². The molecule has 0 saturated carbocycles. The van der Waals surface area contributed by atoms with Gasteiger partial charge in [0.15, 0.2) is 0 Å². The number of aryl methyl sites for hydroxylation is 1. The van der Waals surface area contributed by atoms with E-state index >= 15 is 0 Å². The monoisotopic (exact) mass is 319 g/mol. The van der Waals surface area contributed by atoms with Crippen LogP contribution in [0.3, 0.4) is 0 Å². The minimum atomic E-state index is -1.16. The predicted molar refractivity (Wildman–Crippen MR) is 83.7 cm³/mol. The molecule has 2 rings (SSSR count). The molecule has 1 aliphatic rings. The van der Waals surface area contributed by atoms with Crippen LogP contribution < -0.4 is 10.6 Å². The molecule has 1 aromatic rings. The lowest BCUT2D eigenvalue weighted by Crippen LogP contribution is -2.43. The lowest BCUT2D eigenvalue weighted by molar-refractivity contribution is -0.134. The van der Waals surface area contributed by atoms with E-state index in [1.807, 2.05) is 19.1 Å². The molecule has 1 aromatic carbocycles. The Kier molecular flexibility index (Phi) is 5.00. The fraction of sp³-hybridized carbons (Fsp3) is 0.438. The number of methoxy groups -OCH3 is 1. The fourth-order valence-electron chi connectivity index (χ4n) is 2.42. The first kappa shape index (κ1) is 17.0. The molecule has 0 aliphatic carbocycles. The third-order valence-electron chi connectivity index (χ3n) is 3.83. The van der Waals surface area contributed by atoms with Gasteiger partial charge in [0.1, 0.15) is 12.1 Å². The summed E-state index contributed by atoms with van der Waals surface area (Å²) in [5.74, 6) is -0.841. The molecule has 4 amide bonds. The van der Waals surface area contributed by atoms with Crippen LogP contribution in [0.15, 0.2) is 24.3 Å². The summed E-state index contributed by atoms with van der Waals surface area (Å²) in [4.78, 5) is 37.5. The van der Waals surface area contributed by atoms with Crippen LogP contribution in [0.25, 0.3) is 0 Å². The molecule has 0 radical (unpaired) electrons. The van der Waals surface area contributed by atoms with Gasteiger partial charge in [0.25, 0.3) is 5.91 Å². The van der Waals surface area contributed by atoms with E-state index in [9.17, 15) is 14.4 Å². The molecule has 1 atom stereocenters. The number of urea groups is 1. The minimum Gasteiger partial charge on any atom is -0.383 e. The number of hydrogen-bond acceptors (Lipinski definition) is 4. The average Bonchev–Trinajstić information content (AvgIpc) is 2.72. The number of amides is 4. The van der Waals surface area contributed by atoms with Gasteiger partial charge < -0.3 is 15.4 Å². The largest absolute Gasteiger partial charge is 0.383 e. The van der Waals surface area contributed by atoms with Gasteiger partial charge in [-0.25, -0.2) is 4.79 Å². The average molecular weight is 319 g/mol. The van der Waals surface area contributed by atoms with E-state index in [4.69, 9.17) is 4.74 Å². The molecule has 2 N–H and O–H groups in total. The van der Waals surface area contributed by atoms with E-state index in [-0.39, 0.29) is 6.54 Å². The van der Waals surface area contributed by atoms with Gasteiger partial charge >= 0.3 is 6.03 Å². The molecular weight excluding hydrogens is 298 g/mol. The molecule has 23 heavy (non-hydrogen) atoms. The van der Waals surface area contributed by atoms with Crippen molar-refractivity contribution in [2.45, 2.75) is 19.4 Å². The third-order valence-corrected chi connectivity index (χ3v) is 3.83. The maximum absolute atomic E-state index is 12.6. The minimum absolute atomic E-state index is 0.310. The molecule has 7 nitrogen and oxygen atoms in total. The second-order valence-electron chi connectivity index (χ2n) is 5.66. The van der Waals surface area contributed by atoms with Crippen molar-refractivity contribution in [3.8, 4) is 0 Å². The van der Waals surface area contributed by atoms with Crippen LogP contribution in [0.5, 0.6) is 0 Å². The first-order chi connectivity index (χ1) is 10.9.